The van der Waals surface area contributed by atoms with Gasteiger partial charge in [-0.1, -0.05) is 12.1 Å². The molecule has 1 aromatic carbocycles. The van der Waals surface area contributed by atoms with Crippen molar-refractivity contribution in [3.05, 3.63) is 41.8 Å². The van der Waals surface area contributed by atoms with Gasteiger partial charge in [0.2, 0.25) is 0 Å². The second-order valence-corrected chi connectivity index (χ2v) is 3.57. The van der Waals surface area contributed by atoms with Gasteiger partial charge in [0.1, 0.15) is 5.82 Å². The van der Waals surface area contributed by atoms with Crippen LogP contribution < -0.4 is 0 Å². The second kappa shape index (κ2) is 4.73. The fourth-order valence-corrected chi connectivity index (χ4v) is 1.26. The second-order valence-electron chi connectivity index (χ2n) is 3.57. The highest BCUT2D eigenvalue weighted by molar-refractivity contribution is 6.19. The van der Waals surface area contributed by atoms with Gasteiger partial charge in [-0.15, -0.1) is 0 Å². The number of allylic oxidation sites excluding steroid dienone is 1. The standard InChI is InChI=1S/C12H14FNO/c1-9(15)12(8-14(2)3)10-4-6-11(13)7-5-10/h4-8H,1-3H3/b12-8+. The minimum absolute atomic E-state index is 0.0321. The molecule has 0 aliphatic rings. The molecule has 0 fully saturated rings. The smallest absolute Gasteiger partial charge is 0.161 e. The summed E-state index contributed by atoms with van der Waals surface area (Å²) in [5, 5.41) is 0. The SMILES string of the molecule is CC(=O)/C(=C\N(C)C)c1ccc(F)cc1. The van der Waals surface area contributed by atoms with Crippen molar-refractivity contribution in [2.24, 2.45) is 0 Å². The van der Waals surface area contributed by atoms with Crippen LogP contribution in [-0.2, 0) is 4.79 Å². The van der Waals surface area contributed by atoms with Crippen molar-refractivity contribution in [3.8, 4) is 0 Å². The van der Waals surface area contributed by atoms with Crippen molar-refractivity contribution in [1.82, 2.24) is 4.90 Å². The summed E-state index contributed by atoms with van der Waals surface area (Å²) in [6, 6.07) is 5.90. The zero-order valence-electron chi connectivity index (χ0n) is 9.12. The molecule has 0 aromatic heterocycles. The monoisotopic (exact) mass is 207 g/mol. The van der Waals surface area contributed by atoms with Gasteiger partial charge < -0.3 is 4.90 Å². The molecule has 80 valence electrons. The van der Waals surface area contributed by atoms with Gasteiger partial charge in [0.15, 0.2) is 5.78 Å². The maximum absolute atomic E-state index is 12.7. The molecule has 0 bridgehead atoms. The number of hydrogen-bond donors (Lipinski definition) is 0. The van der Waals surface area contributed by atoms with Crippen LogP contribution >= 0.6 is 0 Å². The van der Waals surface area contributed by atoms with E-state index in [0.717, 1.165) is 5.56 Å². The van der Waals surface area contributed by atoms with Crippen LogP contribution in [0.5, 0.6) is 0 Å². The minimum Gasteiger partial charge on any atom is -0.383 e. The lowest BCUT2D eigenvalue weighted by Crippen LogP contribution is -2.06. The van der Waals surface area contributed by atoms with Crippen LogP contribution in [0.15, 0.2) is 30.5 Å². The molecule has 0 aliphatic heterocycles. The van der Waals surface area contributed by atoms with Crippen LogP contribution in [0.1, 0.15) is 12.5 Å². The van der Waals surface area contributed by atoms with Gasteiger partial charge in [0, 0.05) is 25.9 Å². The van der Waals surface area contributed by atoms with Gasteiger partial charge in [0.05, 0.1) is 0 Å². The summed E-state index contributed by atoms with van der Waals surface area (Å²) in [6.07, 6.45) is 1.73. The van der Waals surface area contributed by atoms with Crippen molar-refractivity contribution < 1.29 is 9.18 Å². The molecular formula is C12H14FNO. The van der Waals surface area contributed by atoms with E-state index in [2.05, 4.69) is 0 Å². The molecular weight excluding hydrogens is 193 g/mol. The summed E-state index contributed by atoms with van der Waals surface area (Å²) in [7, 11) is 3.68. The van der Waals surface area contributed by atoms with Crippen LogP contribution in [0.25, 0.3) is 5.57 Å². The molecule has 1 rings (SSSR count). The maximum Gasteiger partial charge on any atom is 0.161 e. The summed E-state index contributed by atoms with van der Waals surface area (Å²) in [4.78, 5) is 13.2. The van der Waals surface area contributed by atoms with E-state index >= 15 is 0 Å². The summed E-state index contributed by atoms with van der Waals surface area (Å²) < 4.78 is 12.7. The topological polar surface area (TPSA) is 20.3 Å². The fraction of sp³-hybridized carbons (Fsp3) is 0.250. The van der Waals surface area contributed by atoms with E-state index in [1.54, 1.807) is 23.2 Å². The summed E-state index contributed by atoms with van der Waals surface area (Å²) >= 11 is 0. The average molecular weight is 207 g/mol. The Hall–Kier alpha value is -1.64. The molecule has 15 heavy (non-hydrogen) atoms. The Balaban J connectivity index is 3.11. The Morgan fingerprint density at radius 1 is 1.27 bits per heavy atom. The van der Waals surface area contributed by atoms with Gasteiger partial charge in [-0.05, 0) is 24.6 Å². The van der Waals surface area contributed by atoms with E-state index in [4.69, 9.17) is 0 Å². The van der Waals surface area contributed by atoms with E-state index < -0.39 is 0 Å². The molecule has 0 unspecified atom stereocenters. The number of halogens is 1. The van der Waals surface area contributed by atoms with Crippen LogP contribution in [0, 0.1) is 5.82 Å². The highest BCUT2D eigenvalue weighted by Crippen LogP contribution is 2.16. The van der Waals surface area contributed by atoms with E-state index in [9.17, 15) is 9.18 Å². The Morgan fingerprint density at radius 2 is 1.80 bits per heavy atom. The molecule has 0 amide bonds. The third-order valence-electron chi connectivity index (χ3n) is 1.92. The van der Waals surface area contributed by atoms with Crippen molar-refractivity contribution in [3.63, 3.8) is 0 Å². The highest BCUT2D eigenvalue weighted by Gasteiger charge is 2.07. The van der Waals surface area contributed by atoms with Crippen LogP contribution in [0.2, 0.25) is 0 Å². The minimum atomic E-state index is -0.300. The molecule has 0 aliphatic carbocycles. The normalized spacial score (nSPS) is 11.3. The van der Waals surface area contributed by atoms with Crippen LogP contribution in [-0.4, -0.2) is 24.8 Å². The molecule has 0 radical (unpaired) electrons. The predicted molar refractivity (Wildman–Crippen MR) is 58.7 cm³/mol. The predicted octanol–water partition coefficient (Wildman–Crippen LogP) is 2.32. The first-order valence-corrected chi connectivity index (χ1v) is 4.66. The van der Waals surface area contributed by atoms with E-state index in [1.165, 1.54) is 19.1 Å². The fourth-order valence-electron chi connectivity index (χ4n) is 1.26. The van der Waals surface area contributed by atoms with E-state index in [1.807, 2.05) is 14.1 Å². The quantitative estimate of drug-likeness (QED) is 0.709. The number of carbonyl (C=O) groups excluding carboxylic acids is 1. The third kappa shape index (κ3) is 3.20. The average Bonchev–Trinajstić information content (AvgIpc) is 2.15. The number of hydrogen-bond acceptors (Lipinski definition) is 2. The molecule has 0 saturated carbocycles. The summed E-state index contributed by atoms with van der Waals surface area (Å²) in [5.41, 5.74) is 1.32. The zero-order chi connectivity index (χ0) is 11.4. The molecule has 1 aromatic rings. The lowest BCUT2D eigenvalue weighted by Gasteiger charge is -2.09. The van der Waals surface area contributed by atoms with Gasteiger partial charge in [-0.2, -0.15) is 0 Å². The number of ketones is 1. The molecule has 3 heteroatoms. The Kier molecular flexibility index (Phi) is 3.61. The first-order valence-electron chi connectivity index (χ1n) is 4.66. The lowest BCUT2D eigenvalue weighted by molar-refractivity contribution is -0.111. The third-order valence-corrected chi connectivity index (χ3v) is 1.92. The largest absolute Gasteiger partial charge is 0.383 e. The van der Waals surface area contributed by atoms with Crippen LogP contribution in [0.4, 0.5) is 4.39 Å². The molecule has 0 N–H and O–H groups in total. The Morgan fingerprint density at radius 3 is 2.20 bits per heavy atom. The number of Topliss-reactive ketones (excluding diaryl/α,β-unsaturated/α-hetero) is 1. The van der Waals surface area contributed by atoms with E-state index in [0.29, 0.717) is 5.57 Å². The van der Waals surface area contributed by atoms with Crippen molar-refractivity contribution in [2.45, 2.75) is 6.92 Å². The van der Waals surface area contributed by atoms with Crippen molar-refractivity contribution in [1.29, 1.82) is 0 Å². The first kappa shape index (κ1) is 11.4. The Bertz CT molecular complexity index is 379. The molecule has 0 saturated heterocycles. The molecule has 0 spiro atoms. The zero-order valence-corrected chi connectivity index (χ0v) is 9.12. The van der Waals surface area contributed by atoms with Gasteiger partial charge in [-0.3, -0.25) is 4.79 Å². The Labute approximate surface area is 89.0 Å². The molecule has 0 atom stereocenters. The van der Waals surface area contributed by atoms with Crippen molar-refractivity contribution >= 4 is 11.4 Å². The number of benzene rings is 1. The lowest BCUT2D eigenvalue weighted by atomic mass is 10.0. The molecule has 2 nitrogen and oxygen atoms in total. The number of carbonyl (C=O) groups is 1. The first-order chi connectivity index (χ1) is 7.00. The number of rotatable bonds is 3. The highest BCUT2D eigenvalue weighted by atomic mass is 19.1. The van der Waals surface area contributed by atoms with Crippen LogP contribution in [0.3, 0.4) is 0 Å². The van der Waals surface area contributed by atoms with E-state index in [-0.39, 0.29) is 11.6 Å². The summed E-state index contributed by atoms with van der Waals surface area (Å²) in [5.74, 6) is -0.332. The van der Waals surface area contributed by atoms with Crippen molar-refractivity contribution in [2.75, 3.05) is 14.1 Å². The number of nitrogens with zero attached hydrogens (tertiary/aromatic N) is 1. The van der Waals surface area contributed by atoms with Gasteiger partial charge >= 0.3 is 0 Å². The maximum atomic E-state index is 12.7. The van der Waals surface area contributed by atoms with Gasteiger partial charge in [0.25, 0.3) is 0 Å². The summed E-state index contributed by atoms with van der Waals surface area (Å²) in [6.45, 7) is 1.50. The van der Waals surface area contributed by atoms with Gasteiger partial charge in [-0.25, -0.2) is 4.39 Å². The molecule has 0 heterocycles.